The van der Waals surface area contributed by atoms with Crippen molar-refractivity contribution < 1.29 is 9.53 Å². The fourth-order valence-corrected chi connectivity index (χ4v) is 2.51. The molecule has 1 heterocycles. The van der Waals surface area contributed by atoms with Crippen LogP contribution in [0.2, 0.25) is 0 Å². The number of rotatable bonds is 0. The van der Waals surface area contributed by atoms with Gasteiger partial charge in [0, 0.05) is 26.2 Å². The lowest BCUT2D eigenvalue weighted by molar-refractivity contribution is 0.0188. The average Bonchev–Trinajstić information content (AvgIpc) is 2.26. The summed E-state index contributed by atoms with van der Waals surface area (Å²) in [6.45, 7) is 7.77. The maximum absolute atomic E-state index is 11.9. The van der Waals surface area contributed by atoms with Gasteiger partial charge in [0.05, 0.1) is 0 Å². The fraction of sp³-hybridized carbons (Fsp3) is 0.727. The van der Waals surface area contributed by atoms with Crippen molar-refractivity contribution in [1.82, 2.24) is 9.80 Å². The van der Waals surface area contributed by atoms with Crippen LogP contribution in [0.1, 0.15) is 20.8 Å². The minimum Gasteiger partial charge on any atom is -0.444 e. The minimum atomic E-state index is -0.484. The van der Waals surface area contributed by atoms with E-state index in [0.717, 1.165) is 11.8 Å². The number of amides is 1. The van der Waals surface area contributed by atoms with Gasteiger partial charge in [-0.25, -0.2) is 4.79 Å². The molecule has 0 aromatic carbocycles. The van der Waals surface area contributed by atoms with Crippen LogP contribution in [0.3, 0.4) is 0 Å². The summed E-state index contributed by atoms with van der Waals surface area (Å²) in [4.78, 5) is 15.4. The van der Waals surface area contributed by atoms with Gasteiger partial charge in [-0.15, -0.1) is 0 Å². The number of halogens is 1. The molecule has 108 valence electrons. The van der Waals surface area contributed by atoms with Crippen LogP contribution in [0.4, 0.5) is 4.79 Å². The summed E-state index contributed by atoms with van der Waals surface area (Å²) in [5, 5.41) is 15.4. The molecule has 1 rings (SSSR count). The summed E-state index contributed by atoms with van der Waals surface area (Å²) >= 11 is 4.06. The Labute approximate surface area is 126 Å². The fourth-order valence-electron chi connectivity index (χ4n) is 1.57. The van der Waals surface area contributed by atoms with Gasteiger partial charge in [-0.05, 0) is 48.5 Å². The van der Waals surface area contributed by atoms with E-state index in [0.29, 0.717) is 31.3 Å². The van der Waals surface area contributed by atoms with E-state index in [1.165, 1.54) is 0 Å². The lowest BCUT2D eigenvalue weighted by Gasteiger charge is -2.36. The molecule has 1 fully saturated rings. The molecule has 0 spiro atoms. The molecule has 0 atom stereocenters. The molecule has 1 aliphatic rings. The third kappa shape index (κ3) is 5.82. The van der Waals surface area contributed by atoms with Crippen molar-refractivity contribution in [2.45, 2.75) is 26.4 Å². The highest BCUT2D eigenvalue weighted by molar-refractivity contribution is 9.22. The highest BCUT2D eigenvalue weighted by Crippen LogP contribution is 2.16. The van der Waals surface area contributed by atoms with Crippen molar-refractivity contribution >= 4 is 42.9 Å². The summed E-state index contributed by atoms with van der Waals surface area (Å²) < 4.78 is 5.52. The summed E-state index contributed by atoms with van der Waals surface area (Å²) in [7, 11) is 0. The molecule has 0 saturated carbocycles. The number of nitrogens with zero attached hydrogens (tertiary/aromatic N) is 2. The number of thioether (sulfide) groups is 1. The van der Waals surface area contributed by atoms with Crippen LogP contribution in [0.5, 0.6) is 0 Å². The molecular weight excluding hydrogens is 332 g/mol. The third-order valence-electron chi connectivity index (χ3n) is 2.40. The molecule has 8 heteroatoms. The first-order chi connectivity index (χ1) is 8.69. The monoisotopic (exact) mass is 350 g/mol. The van der Waals surface area contributed by atoms with Gasteiger partial charge in [0.2, 0.25) is 0 Å². The zero-order valence-corrected chi connectivity index (χ0v) is 13.7. The molecule has 0 aromatic rings. The van der Waals surface area contributed by atoms with Crippen LogP contribution in [0.15, 0.2) is 0 Å². The lowest BCUT2D eigenvalue weighted by atomic mass is 10.2. The Balaban J connectivity index is 2.42. The zero-order chi connectivity index (χ0) is 14.6. The first-order valence-corrected chi connectivity index (χ1v) is 7.53. The van der Waals surface area contributed by atoms with Crippen molar-refractivity contribution in [2.24, 2.45) is 0 Å². The number of hydrogen-bond donors (Lipinski definition) is 2. The predicted octanol–water partition coefficient (Wildman–Crippen LogP) is 2.54. The topological polar surface area (TPSA) is 80.5 Å². The molecule has 0 unspecified atom stereocenters. The molecule has 1 amide bonds. The second-order valence-electron chi connectivity index (χ2n) is 5.14. The van der Waals surface area contributed by atoms with Crippen LogP contribution in [0, 0.1) is 10.8 Å². The van der Waals surface area contributed by atoms with Crippen molar-refractivity contribution in [3.8, 4) is 0 Å². The molecule has 2 N–H and O–H groups in total. The quantitative estimate of drug-likeness (QED) is 0.519. The minimum absolute atomic E-state index is 0.215. The van der Waals surface area contributed by atoms with Crippen molar-refractivity contribution in [3.63, 3.8) is 0 Å². The molecule has 0 aromatic heterocycles. The summed E-state index contributed by atoms with van der Waals surface area (Å²) in [5.41, 5.74) is -0.484. The molecule has 1 aliphatic heterocycles. The Bertz CT molecular complexity index is 375. The highest BCUT2D eigenvalue weighted by atomic mass is 79.9. The number of nitrogens with one attached hydrogen (secondary N) is 2. The molecule has 6 nitrogen and oxygen atoms in total. The summed E-state index contributed by atoms with van der Waals surface area (Å²) in [6, 6.07) is 0. The van der Waals surface area contributed by atoms with Crippen LogP contribution in [-0.4, -0.2) is 56.8 Å². The second kappa shape index (κ2) is 6.60. The van der Waals surface area contributed by atoms with Crippen LogP contribution >= 0.6 is 27.7 Å². The smallest absolute Gasteiger partial charge is 0.410 e. The standard InChI is InChI=1S/C11H19BrN4O2S/c1-11(2,3)18-10(17)16-6-4-15(5-7-16)9(14)19-8(12)13/h13-14H,4-7H2,1-3H3. The number of ether oxygens (including phenoxy) is 1. The Morgan fingerprint density at radius 1 is 1.16 bits per heavy atom. The van der Waals surface area contributed by atoms with E-state index in [4.69, 9.17) is 15.6 Å². The van der Waals surface area contributed by atoms with Crippen molar-refractivity contribution in [2.75, 3.05) is 26.2 Å². The molecule has 0 radical (unpaired) electrons. The van der Waals surface area contributed by atoms with E-state index in [-0.39, 0.29) is 10.0 Å². The third-order valence-corrected chi connectivity index (χ3v) is 3.52. The van der Waals surface area contributed by atoms with Gasteiger partial charge in [-0.2, -0.15) is 0 Å². The van der Waals surface area contributed by atoms with E-state index >= 15 is 0 Å². The summed E-state index contributed by atoms with van der Waals surface area (Å²) in [5.74, 6) is 0. The Kier molecular flexibility index (Phi) is 5.66. The number of hydrogen-bond acceptors (Lipinski definition) is 5. The highest BCUT2D eigenvalue weighted by Gasteiger charge is 2.26. The normalized spacial score (nSPS) is 16.2. The Hall–Kier alpha value is -0.760. The van der Waals surface area contributed by atoms with Crippen LogP contribution in [0.25, 0.3) is 0 Å². The number of piperazine rings is 1. The van der Waals surface area contributed by atoms with Gasteiger partial charge in [0.25, 0.3) is 0 Å². The van der Waals surface area contributed by atoms with E-state index in [1.54, 1.807) is 4.90 Å². The van der Waals surface area contributed by atoms with Gasteiger partial charge >= 0.3 is 6.09 Å². The Morgan fingerprint density at radius 3 is 2.05 bits per heavy atom. The molecular formula is C11H19BrN4O2S. The van der Waals surface area contributed by atoms with Crippen molar-refractivity contribution in [1.29, 1.82) is 10.8 Å². The largest absolute Gasteiger partial charge is 0.444 e. The SMILES string of the molecule is CC(C)(C)OC(=O)N1CCN(C(=N)SC(=N)Br)CC1. The number of carbonyl (C=O) groups is 1. The van der Waals surface area contributed by atoms with Gasteiger partial charge in [-0.3, -0.25) is 10.8 Å². The zero-order valence-electron chi connectivity index (χ0n) is 11.3. The van der Waals surface area contributed by atoms with E-state index < -0.39 is 5.60 Å². The first kappa shape index (κ1) is 16.3. The molecule has 0 aliphatic carbocycles. The van der Waals surface area contributed by atoms with Gasteiger partial charge in [0.15, 0.2) is 5.17 Å². The molecule has 1 saturated heterocycles. The van der Waals surface area contributed by atoms with Crippen LogP contribution in [-0.2, 0) is 4.74 Å². The van der Waals surface area contributed by atoms with Crippen molar-refractivity contribution in [3.05, 3.63) is 0 Å². The van der Waals surface area contributed by atoms with E-state index in [9.17, 15) is 4.79 Å². The molecule has 0 bridgehead atoms. The second-order valence-corrected chi connectivity index (χ2v) is 7.45. The van der Waals surface area contributed by atoms with Gasteiger partial charge in [0.1, 0.15) is 9.55 Å². The summed E-state index contributed by atoms with van der Waals surface area (Å²) in [6.07, 6.45) is -0.306. The maximum atomic E-state index is 11.9. The average molecular weight is 351 g/mol. The van der Waals surface area contributed by atoms with E-state index in [1.807, 2.05) is 25.7 Å². The van der Waals surface area contributed by atoms with Crippen LogP contribution < -0.4 is 0 Å². The molecule has 19 heavy (non-hydrogen) atoms. The number of carbonyl (C=O) groups excluding carboxylic acids is 1. The van der Waals surface area contributed by atoms with Gasteiger partial charge < -0.3 is 14.5 Å². The number of amidine groups is 1. The first-order valence-electron chi connectivity index (χ1n) is 5.92. The maximum Gasteiger partial charge on any atom is 0.410 e. The Morgan fingerprint density at radius 2 is 1.63 bits per heavy atom. The predicted molar refractivity (Wildman–Crippen MR) is 81.4 cm³/mol. The lowest BCUT2D eigenvalue weighted by Crippen LogP contribution is -2.51. The van der Waals surface area contributed by atoms with E-state index in [2.05, 4.69) is 15.9 Å². The van der Waals surface area contributed by atoms with Gasteiger partial charge in [-0.1, -0.05) is 0 Å².